The van der Waals surface area contributed by atoms with Crippen LogP contribution in [0.2, 0.25) is 0 Å². The highest BCUT2D eigenvalue weighted by molar-refractivity contribution is 5.68. The molecular weight excluding hydrogens is 144 g/mol. The van der Waals surface area contributed by atoms with Crippen molar-refractivity contribution in [3.05, 3.63) is 0 Å². The molecule has 62 valence electrons. The first-order valence-corrected chi connectivity index (χ1v) is 3.93. The molecule has 3 heteroatoms. The normalized spacial score (nSPS) is 45.9. The quantitative estimate of drug-likeness (QED) is 0.630. The predicted octanol–water partition coefficient (Wildman–Crippen LogP) is 0.624. The molecule has 11 heavy (non-hydrogen) atoms. The highest BCUT2D eigenvalue weighted by Crippen LogP contribution is 2.74. The average Bonchev–Trinajstić information content (AvgIpc) is 1.74. The second-order valence-corrected chi connectivity index (χ2v) is 4.26. The molecule has 2 N–H and O–H groups in total. The van der Waals surface area contributed by atoms with Gasteiger partial charge in [0.2, 0.25) is 0 Å². The Hall–Kier alpha value is -0.570. The highest BCUT2D eigenvalue weighted by Gasteiger charge is 2.67. The molecule has 0 heterocycles. The number of rotatable bonds is 3. The lowest BCUT2D eigenvalue weighted by atomic mass is 9.34. The average molecular weight is 156 g/mol. The van der Waals surface area contributed by atoms with Gasteiger partial charge in [0.1, 0.15) is 0 Å². The summed E-state index contributed by atoms with van der Waals surface area (Å²) in [7, 11) is 0. The Labute approximate surface area is 65.0 Å². The number of carboxylic acid groups (broad SMARTS) is 1. The molecule has 3 aliphatic rings. The second kappa shape index (κ2) is 1.78. The van der Waals surface area contributed by atoms with Gasteiger partial charge in [-0.05, 0) is 30.1 Å². The Morgan fingerprint density at radius 2 is 1.82 bits per heavy atom. The molecule has 0 aromatic rings. The lowest BCUT2D eigenvalue weighted by Crippen LogP contribution is -2.63. The minimum Gasteiger partial charge on any atom is -0.481 e. The Morgan fingerprint density at radius 1 is 1.27 bits per heavy atom. The first kappa shape index (κ1) is 7.10. The van der Waals surface area contributed by atoms with Crippen LogP contribution in [0.4, 0.5) is 0 Å². The summed E-state index contributed by atoms with van der Waals surface area (Å²) in [5.41, 5.74) is 0.240. The van der Waals surface area contributed by atoms with Crippen LogP contribution in [0.15, 0.2) is 0 Å². The van der Waals surface area contributed by atoms with E-state index >= 15 is 0 Å². The van der Waals surface area contributed by atoms with Crippen LogP contribution >= 0.6 is 0 Å². The van der Waals surface area contributed by atoms with Gasteiger partial charge in [0.25, 0.3) is 0 Å². The van der Waals surface area contributed by atoms with Crippen LogP contribution < -0.4 is 0 Å². The van der Waals surface area contributed by atoms with Gasteiger partial charge in [0.05, 0.1) is 6.42 Å². The summed E-state index contributed by atoms with van der Waals surface area (Å²) in [6, 6.07) is 0. The van der Waals surface area contributed by atoms with Crippen LogP contribution in [0.25, 0.3) is 0 Å². The summed E-state index contributed by atoms with van der Waals surface area (Å²) in [6.45, 7) is 0.244. The molecule has 0 aliphatic heterocycles. The van der Waals surface area contributed by atoms with Crippen LogP contribution in [0.1, 0.15) is 25.7 Å². The molecule has 3 fully saturated rings. The summed E-state index contributed by atoms with van der Waals surface area (Å²) in [4.78, 5) is 10.4. The largest absolute Gasteiger partial charge is 0.481 e. The van der Waals surface area contributed by atoms with E-state index in [2.05, 4.69) is 0 Å². The van der Waals surface area contributed by atoms with Gasteiger partial charge in [-0.1, -0.05) is 0 Å². The molecule has 0 unspecified atom stereocenters. The fourth-order valence-electron chi connectivity index (χ4n) is 2.91. The smallest absolute Gasteiger partial charge is 0.303 e. The Morgan fingerprint density at radius 3 is 2.18 bits per heavy atom. The third-order valence-corrected chi connectivity index (χ3v) is 3.11. The standard InChI is InChI=1S/C8H12O3/c9-5-8-2-7(3-8,4-8)1-6(10)11/h9H,1-5H2,(H,10,11). The fourth-order valence-corrected chi connectivity index (χ4v) is 2.91. The monoisotopic (exact) mass is 156 g/mol. The Bertz CT molecular complexity index is 190. The van der Waals surface area contributed by atoms with Crippen molar-refractivity contribution in [3.63, 3.8) is 0 Å². The summed E-state index contributed by atoms with van der Waals surface area (Å²) in [5, 5.41) is 17.4. The van der Waals surface area contributed by atoms with E-state index in [1.165, 1.54) is 0 Å². The van der Waals surface area contributed by atoms with Gasteiger partial charge < -0.3 is 10.2 Å². The fraction of sp³-hybridized carbons (Fsp3) is 0.875. The summed E-state index contributed by atoms with van der Waals surface area (Å²) >= 11 is 0. The van der Waals surface area contributed by atoms with Crippen LogP contribution in [0, 0.1) is 10.8 Å². The van der Waals surface area contributed by atoms with Gasteiger partial charge in [-0.15, -0.1) is 0 Å². The van der Waals surface area contributed by atoms with Crippen molar-refractivity contribution in [3.8, 4) is 0 Å². The van der Waals surface area contributed by atoms with E-state index in [-0.39, 0.29) is 17.4 Å². The Kier molecular flexibility index (Phi) is 1.15. The zero-order valence-corrected chi connectivity index (χ0v) is 6.34. The van der Waals surface area contributed by atoms with E-state index in [1.54, 1.807) is 0 Å². The Balaban J connectivity index is 1.89. The van der Waals surface area contributed by atoms with E-state index in [0.717, 1.165) is 19.3 Å². The minimum absolute atomic E-state index is 0.0918. The van der Waals surface area contributed by atoms with Crippen LogP contribution in [0.5, 0.6) is 0 Å². The zero-order chi connectivity index (χ0) is 8.11. The van der Waals surface area contributed by atoms with E-state index in [9.17, 15) is 4.79 Å². The molecule has 0 spiro atoms. The molecule has 0 saturated heterocycles. The SMILES string of the molecule is O=C(O)CC12CC(CO)(C1)C2. The number of aliphatic hydroxyl groups excluding tert-OH is 1. The second-order valence-electron chi connectivity index (χ2n) is 4.26. The van der Waals surface area contributed by atoms with E-state index in [4.69, 9.17) is 10.2 Å². The number of aliphatic carboxylic acids is 1. The molecule has 3 rings (SSSR count). The minimum atomic E-state index is -0.698. The molecular formula is C8H12O3. The predicted molar refractivity (Wildman–Crippen MR) is 38.1 cm³/mol. The molecule has 3 aliphatic carbocycles. The van der Waals surface area contributed by atoms with Crippen molar-refractivity contribution in [2.45, 2.75) is 25.7 Å². The van der Waals surface area contributed by atoms with Gasteiger partial charge in [-0.25, -0.2) is 0 Å². The zero-order valence-electron chi connectivity index (χ0n) is 6.34. The van der Waals surface area contributed by atoms with Gasteiger partial charge >= 0.3 is 5.97 Å². The molecule has 3 saturated carbocycles. The summed E-state index contributed by atoms with van der Waals surface area (Å²) < 4.78 is 0. The van der Waals surface area contributed by atoms with E-state index in [0.29, 0.717) is 6.42 Å². The molecule has 3 nitrogen and oxygen atoms in total. The molecule has 0 aromatic carbocycles. The van der Waals surface area contributed by atoms with Crippen molar-refractivity contribution in [1.29, 1.82) is 0 Å². The van der Waals surface area contributed by atoms with Gasteiger partial charge in [-0.2, -0.15) is 0 Å². The number of aliphatic hydroxyl groups is 1. The molecule has 0 amide bonds. The number of hydrogen-bond donors (Lipinski definition) is 2. The maximum atomic E-state index is 10.4. The molecule has 0 aromatic heterocycles. The van der Waals surface area contributed by atoms with Crippen molar-refractivity contribution >= 4 is 5.97 Å². The summed E-state index contributed by atoms with van der Waals surface area (Å²) in [5.74, 6) is -0.698. The third-order valence-electron chi connectivity index (χ3n) is 3.11. The maximum absolute atomic E-state index is 10.4. The first-order chi connectivity index (χ1) is 5.10. The van der Waals surface area contributed by atoms with Crippen molar-refractivity contribution in [1.82, 2.24) is 0 Å². The van der Waals surface area contributed by atoms with Crippen molar-refractivity contribution < 1.29 is 15.0 Å². The lowest BCUT2D eigenvalue weighted by molar-refractivity contribution is -0.228. The van der Waals surface area contributed by atoms with Crippen LogP contribution in [-0.2, 0) is 4.79 Å². The van der Waals surface area contributed by atoms with Crippen molar-refractivity contribution in [2.24, 2.45) is 10.8 Å². The van der Waals surface area contributed by atoms with Crippen LogP contribution in [0.3, 0.4) is 0 Å². The van der Waals surface area contributed by atoms with Gasteiger partial charge in [0.15, 0.2) is 0 Å². The highest BCUT2D eigenvalue weighted by atomic mass is 16.4. The van der Waals surface area contributed by atoms with Gasteiger partial charge in [0, 0.05) is 6.61 Å². The van der Waals surface area contributed by atoms with E-state index in [1.807, 2.05) is 0 Å². The van der Waals surface area contributed by atoms with Crippen LogP contribution in [-0.4, -0.2) is 22.8 Å². The molecule has 2 bridgehead atoms. The topological polar surface area (TPSA) is 57.5 Å². The number of carbonyl (C=O) groups is 1. The third kappa shape index (κ3) is 0.805. The molecule has 0 atom stereocenters. The summed E-state index contributed by atoms with van der Waals surface area (Å²) in [6.07, 6.45) is 3.10. The maximum Gasteiger partial charge on any atom is 0.303 e. The lowest BCUT2D eigenvalue weighted by Gasteiger charge is -2.70. The first-order valence-electron chi connectivity index (χ1n) is 3.93. The number of carboxylic acids is 1. The molecule has 0 radical (unpaired) electrons. The van der Waals surface area contributed by atoms with Crippen molar-refractivity contribution in [2.75, 3.05) is 6.61 Å². The van der Waals surface area contributed by atoms with E-state index < -0.39 is 5.97 Å². The van der Waals surface area contributed by atoms with Gasteiger partial charge in [-0.3, -0.25) is 4.79 Å². The number of hydrogen-bond acceptors (Lipinski definition) is 2.